The van der Waals surface area contributed by atoms with Crippen LogP contribution in [-0.2, 0) is 0 Å². The second-order valence-electron chi connectivity index (χ2n) is 5.02. The zero-order chi connectivity index (χ0) is 10.2. The van der Waals surface area contributed by atoms with Crippen molar-refractivity contribution < 1.29 is 0 Å². The van der Waals surface area contributed by atoms with E-state index in [1.165, 1.54) is 18.4 Å². The van der Waals surface area contributed by atoms with Crippen LogP contribution in [0.25, 0.3) is 0 Å². The maximum atomic E-state index is 2.43. The largest absolute Gasteiger partial charge is 0.0649 e. The van der Waals surface area contributed by atoms with Gasteiger partial charge in [0.1, 0.15) is 0 Å². The molecule has 0 nitrogen and oxygen atoms in total. The Morgan fingerprint density at radius 3 is 2.50 bits per heavy atom. The lowest BCUT2D eigenvalue weighted by Crippen LogP contribution is -2.03. The van der Waals surface area contributed by atoms with E-state index in [1.807, 2.05) is 0 Å². The van der Waals surface area contributed by atoms with Crippen molar-refractivity contribution in [2.75, 3.05) is 0 Å². The van der Waals surface area contributed by atoms with Crippen LogP contribution in [0, 0.1) is 11.3 Å². The second kappa shape index (κ2) is 3.42. The molecule has 0 spiro atoms. The van der Waals surface area contributed by atoms with E-state index >= 15 is 0 Å². The molecule has 0 heterocycles. The lowest BCUT2D eigenvalue weighted by molar-refractivity contribution is 0.449. The first-order valence-corrected chi connectivity index (χ1v) is 5.72. The van der Waals surface area contributed by atoms with Crippen molar-refractivity contribution in [2.24, 2.45) is 11.3 Å². The summed E-state index contributed by atoms with van der Waals surface area (Å²) >= 11 is 0. The van der Waals surface area contributed by atoms with Gasteiger partial charge >= 0.3 is 0 Å². The fourth-order valence-electron chi connectivity index (χ4n) is 2.62. The van der Waals surface area contributed by atoms with Crippen LogP contribution >= 0.6 is 0 Å². The van der Waals surface area contributed by atoms with E-state index in [1.54, 1.807) is 0 Å². The Hall–Kier alpha value is -0.780. The molecule has 1 aromatic rings. The molecule has 2 rings (SSSR count). The molecule has 1 saturated carbocycles. The number of hydrogen-bond donors (Lipinski definition) is 0. The summed E-state index contributed by atoms with van der Waals surface area (Å²) in [7, 11) is 0. The summed E-state index contributed by atoms with van der Waals surface area (Å²) in [6.45, 7) is 7.12. The van der Waals surface area contributed by atoms with Crippen molar-refractivity contribution in [3.05, 3.63) is 35.9 Å². The molecule has 0 aliphatic heterocycles. The molecule has 0 radical (unpaired) electrons. The summed E-state index contributed by atoms with van der Waals surface area (Å²) in [5.41, 5.74) is 2.14. The highest BCUT2D eigenvalue weighted by molar-refractivity contribution is 5.23. The molecule has 1 aromatic carbocycles. The second-order valence-corrected chi connectivity index (χ2v) is 5.02. The Bertz CT molecular complexity index is 301. The Kier molecular flexibility index (Phi) is 2.38. The zero-order valence-electron chi connectivity index (χ0n) is 9.46. The van der Waals surface area contributed by atoms with Crippen LogP contribution in [0.5, 0.6) is 0 Å². The molecule has 3 atom stereocenters. The van der Waals surface area contributed by atoms with E-state index in [-0.39, 0.29) is 0 Å². The standard InChI is InChI=1S/C14H20/c1-4-14(3)10-13(14)11(2)12-8-6-5-7-9-12/h5-9,11,13H,4,10H2,1-3H3. The van der Waals surface area contributed by atoms with Crippen molar-refractivity contribution in [3.63, 3.8) is 0 Å². The number of rotatable bonds is 3. The molecule has 0 amide bonds. The first kappa shape index (κ1) is 9.76. The van der Waals surface area contributed by atoms with Crippen LogP contribution in [0.1, 0.15) is 45.1 Å². The number of hydrogen-bond acceptors (Lipinski definition) is 0. The third-order valence-corrected chi connectivity index (χ3v) is 4.16. The van der Waals surface area contributed by atoms with E-state index in [0.29, 0.717) is 5.41 Å². The van der Waals surface area contributed by atoms with E-state index < -0.39 is 0 Å². The molecular formula is C14H20. The maximum Gasteiger partial charge on any atom is -0.0157 e. The fourth-order valence-corrected chi connectivity index (χ4v) is 2.62. The van der Waals surface area contributed by atoms with E-state index in [4.69, 9.17) is 0 Å². The highest BCUT2D eigenvalue weighted by Gasteiger charge is 2.50. The van der Waals surface area contributed by atoms with E-state index in [9.17, 15) is 0 Å². The van der Waals surface area contributed by atoms with Crippen LogP contribution in [-0.4, -0.2) is 0 Å². The molecule has 1 aliphatic rings. The van der Waals surface area contributed by atoms with Gasteiger partial charge in [-0.3, -0.25) is 0 Å². The molecule has 0 aromatic heterocycles. The summed E-state index contributed by atoms with van der Waals surface area (Å²) in [5, 5.41) is 0. The van der Waals surface area contributed by atoms with Gasteiger partial charge in [-0.1, -0.05) is 57.5 Å². The van der Waals surface area contributed by atoms with Crippen molar-refractivity contribution in [3.8, 4) is 0 Å². The normalized spacial score (nSPS) is 32.6. The third kappa shape index (κ3) is 1.58. The minimum absolute atomic E-state index is 0.634. The summed E-state index contributed by atoms with van der Waals surface area (Å²) in [6, 6.07) is 10.9. The lowest BCUT2D eigenvalue weighted by Gasteiger charge is -2.15. The molecule has 0 N–H and O–H groups in total. The van der Waals surface area contributed by atoms with Crippen LogP contribution in [0.3, 0.4) is 0 Å². The van der Waals surface area contributed by atoms with Gasteiger partial charge in [0.2, 0.25) is 0 Å². The van der Waals surface area contributed by atoms with Crippen LogP contribution < -0.4 is 0 Å². The smallest absolute Gasteiger partial charge is 0.0157 e. The average Bonchev–Trinajstić information content (AvgIpc) is 2.92. The minimum atomic E-state index is 0.634. The molecule has 0 bridgehead atoms. The van der Waals surface area contributed by atoms with Crippen LogP contribution in [0.4, 0.5) is 0 Å². The van der Waals surface area contributed by atoms with Gasteiger partial charge in [-0.25, -0.2) is 0 Å². The predicted octanol–water partition coefficient (Wildman–Crippen LogP) is 4.23. The van der Waals surface area contributed by atoms with Gasteiger partial charge in [-0.2, -0.15) is 0 Å². The first-order valence-electron chi connectivity index (χ1n) is 5.72. The average molecular weight is 188 g/mol. The molecule has 1 aliphatic carbocycles. The monoisotopic (exact) mass is 188 g/mol. The highest BCUT2D eigenvalue weighted by atomic mass is 14.5. The molecule has 76 valence electrons. The van der Waals surface area contributed by atoms with Gasteiger partial charge in [-0.05, 0) is 29.2 Å². The quantitative estimate of drug-likeness (QED) is 0.666. The Morgan fingerprint density at radius 2 is 2.00 bits per heavy atom. The fraction of sp³-hybridized carbons (Fsp3) is 0.571. The van der Waals surface area contributed by atoms with Gasteiger partial charge < -0.3 is 0 Å². The summed E-state index contributed by atoms with van der Waals surface area (Å²) < 4.78 is 0. The zero-order valence-corrected chi connectivity index (χ0v) is 9.46. The summed E-state index contributed by atoms with van der Waals surface area (Å²) in [6.07, 6.45) is 2.74. The molecule has 3 unspecified atom stereocenters. The Morgan fingerprint density at radius 1 is 1.36 bits per heavy atom. The minimum Gasteiger partial charge on any atom is -0.0649 e. The van der Waals surface area contributed by atoms with E-state index in [2.05, 4.69) is 51.1 Å². The Labute approximate surface area is 87.3 Å². The topological polar surface area (TPSA) is 0 Å². The maximum absolute atomic E-state index is 2.43. The molecule has 14 heavy (non-hydrogen) atoms. The molecule has 0 saturated heterocycles. The summed E-state index contributed by atoms with van der Waals surface area (Å²) in [4.78, 5) is 0. The van der Waals surface area contributed by atoms with Gasteiger partial charge in [0.05, 0.1) is 0 Å². The van der Waals surface area contributed by atoms with Gasteiger partial charge in [-0.15, -0.1) is 0 Å². The van der Waals surface area contributed by atoms with Gasteiger partial charge in [0.15, 0.2) is 0 Å². The lowest BCUT2D eigenvalue weighted by atomic mass is 9.90. The first-order chi connectivity index (χ1) is 6.67. The highest BCUT2D eigenvalue weighted by Crippen LogP contribution is 2.60. The number of benzene rings is 1. The van der Waals surface area contributed by atoms with Crippen molar-refractivity contribution in [1.82, 2.24) is 0 Å². The van der Waals surface area contributed by atoms with Crippen molar-refractivity contribution in [1.29, 1.82) is 0 Å². The van der Waals surface area contributed by atoms with Gasteiger partial charge in [0.25, 0.3) is 0 Å². The van der Waals surface area contributed by atoms with Crippen molar-refractivity contribution >= 4 is 0 Å². The summed E-state index contributed by atoms with van der Waals surface area (Å²) in [5.74, 6) is 1.65. The van der Waals surface area contributed by atoms with Gasteiger partial charge in [0, 0.05) is 0 Å². The predicted molar refractivity (Wildman–Crippen MR) is 61.4 cm³/mol. The van der Waals surface area contributed by atoms with Crippen LogP contribution in [0.15, 0.2) is 30.3 Å². The van der Waals surface area contributed by atoms with Crippen LogP contribution in [0.2, 0.25) is 0 Å². The SMILES string of the molecule is CCC1(C)CC1C(C)c1ccccc1. The van der Waals surface area contributed by atoms with E-state index in [0.717, 1.165) is 11.8 Å². The Balaban J connectivity index is 2.08. The molecular weight excluding hydrogens is 168 g/mol. The third-order valence-electron chi connectivity index (χ3n) is 4.16. The molecule has 0 heteroatoms. The molecule has 1 fully saturated rings. The van der Waals surface area contributed by atoms with Crippen molar-refractivity contribution in [2.45, 2.75) is 39.5 Å².